The number of methoxy groups -OCH3 is 2. The molecule has 0 atom stereocenters. The molecule has 0 aliphatic heterocycles. The summed E-state index contributed by atoms with van der Waals surface area (Å²) in [6.45, 7) is 0. The number of ether oxygens (including phenoxy) is 2. The van der Waals surface area contributed by atoms with Crippen LogP contribution in [0.3, 0.4) is 0 Å². The Morgan fingerprint density at radius 2 is 1.57 bits per heavy atom. The van der Waals surface area contributed by atoms with E-state index < -0.39 is 23.3 Å². The maximum Gasteiger partial charge on any atom is 0.339 e. The van der Waals surface area contributed by atoms with Crippen molar-refractivity contribution in [2.75, 3.05) is 14.2 Å². The second kappa shape index (κ2) is 7.64. The van der Waals surface area contributed by atoms with E-state index >= 15 is 0 Å². The first-order chi connectivity index (χ1) is 10.8. The van der Waals surface area contributed by atoms with Crippen molar-refractivity contribution in [3.8, 4) is 17.2 Å². The van der Waals surface area contributed by atoms with Gasteiger partial charge in [0.1, 0.15) is 5.57 Å². The lowest BCUT2D eigenvalue weighted by atomic mass is 10.1. The Morgan fingerprint density at radius 3 is 1.96 bits per heavy atom. The number of allylic oxidation sites excluding steroid dienone is 1. The van der Waals surface area contributed by atoms with Crippen LogP contribution in [0, 0.1) is 0 Å². The minimum absolute atomic E-state index is 0.0935. The molecule has 0 radical (unpaired) electrons. The third-order valence-electron chi connectivity index (χ3n) is 2.69. The number of aromatic hydroxyl groups is 1. The van der Waals surface area contributed by atoms with Gasteiger partial charge in [0.2, 0.25) is 5.75 Å². The van der Waals surface area contributed by atoms with Crippen molar-refractivity contribution >= 4 is 23.8 Å². The van der Waals surface area contributed by atoms with E-state index in [1.165, 1.54) is 32.4 Å². The number of hydrogen-bond acceptors (Lipinski definition) is 6. The van der Waals surface area contributed by atoms with E-state index in [0.717, 1.165) is 6.08 Å². The number of aliphatic carboxylic acids is 2. The minimum atomic E-state index is -1.65. The Balaban J connectivity index is 3.16. The molecular weight excluding hydrogens is 308 g/mol. The monoisotopic (exact) mass is 322 g/mol. The maximum atomic E-state index is 11.8. The molecule has 0 heterocycles. The molecule has 0 fully saturated rings. The van der Waals surface area contributed by atoms with Crippen LogP contribution in [0.1, 0.15) is 5.56 Å². The second-order valence-corrected chi connectivity index (χ2v) is 4.17. The number of carbonyl (C=O) groups is 3. The van der Waals surface area contributed by atoms with Crippen molar-refractivity contribution in [2.24, 2.45) is 0 Å². The number of carboxylic acids is 2. The largest absolute Gasteiger partial charge is 0.502 e. The number of carbonyl (C=O) groups excluding carboxylic acids is 1. The lowest BCUT2D eigenvalue weighted by molar-refractivity contribution is -0.136. The zero-order valence-electron chi connectivity index (χ0n) is 12.3. The summed E-state index contributed by atoms with van der Waals surface area (Å²) < 4.78 is 9.88. The van der Waals surface area contributed by atoms with Crippen LogP contribution in [0.4, 0.5) is 0 Å². The molecule has 23 heavy (non-hydrogen) atoms. The lowest BCUT2D eigenvalue weighted by Gasteiger charge is -2.09. The molecular formula is C15H14O8. The van der Waals surface area contributed by atoms with Gasteiger partial charge in [-0.1, -0.05) is 6.08 Å². The highest BCUT2D eigenvalue weighted by Crippen LogP contribution is 2.37. The van der Waals surface area contributed by atoms with E-state index in [-0.39, 0.29) is 17.2 Å². The van der Waals surface area contributed by atoms with Crippen molar-refractivity contribution in [2.45, 2.75) is 0 Å². The van der Waals surface area contributed by atoms with Crippen molar-refractivity contribution in [1.29, 1.82) is 0 Å². The number of rotatable bonds is 7. The average molecular weight is 322 g/mol. The van der Waals surface area contributed by atoms with Gasteiger partial charge in [0.05, 0.1) is 14.2 Å². The molecule has 122 valence electrons. The quantitative estimate of drug-likeness (QED) is 0.386. The number of benzene rings is 1. The highest BCUT2D eigenvalue weighted by molar-refractivity contribution is 6.24. The van der Waals surface area contributed by atoms with Crippen LogP contribution in [-0.2, 0) is 14.4 Å². The summed E-state index contributed by atoms with van der Waals surface area (Å²) in [6.07, 6.45) is 2.45. The highest BCUT2D eigenvalue weighted by atomic mass is 16.5. The van der Waals surface area contributed by atoms with Crippen LogP contribution in [0.2, 0.25) is 0 Å². The van der Waals surface area contributed by atoms with E-state index in [1.54, 1.807) is 0 Å². The molecule has 8 heteroatoms. The summed E-state index contributed by atoms with van der Waals surface area (Å²) in [5, 5.41) is 27.1. The van der Waals surface area contributed by atoms with Crippen LogP contribution in [0.5, 0.6) is 17.2 Å². The first kappa shape index (κ1) is 17.8. The van der Waals surface area contributed by atoms with Gasteiger partial charge in [-0.2, -0.15) is 0 Å². The Kier molecular flexibility index (Phi) is 5.90. The van der Waals surface area contributed by atoms with E-state index in [4.69, 9.17) is 19.7 Å². The average Bonchev–Trinajstić information content (AvgIpc) is 2.50. The molecule has 0 aliphatic carbocycles. The highest BCUT2D eigenvalue weighted by Gasteiger charge is 2.16. The molecule has 0 saturated carbocycles. The van der Waals surface area contributed by atoms with Gasteiger partial charge in [-0.3, -0.25) is 4.79 Å². The number of hydrogen-bond donors (Lipinski definition) is 3. The topological polar surface area (TPSA) is 130 Å². The van der Waals surface area contributed by atoms with Gasteiger partial charge in [-0.05, 0) is 23.8 Å². The molecule has 0 saturated heterocycles. The fraction of sp³-hybridized carbons (Fsp3) is 0.133. The Morgan fingerprint density at radius 1 is 1.04 bits per heavy atom. The van der Waals surface area contributed by atoms with E-state index in [2.05, 4.69) is 0 Å². The number of carboxylic acid groups (broad SMARTS) is 2. The fourth-order valence-electron chi connectivity index (χ4n) is 1.63. The third-order valence-corrected chi connectivity index (χ3v) is 2.69. The fourth-order valence-corrected chi connectivity index (χ4v) is 1.63. The van der Waals surface area contributed by atoms with E-state index in [0.29, 0.717) is 11.6 Å². The van der Waals surface area contributed by atoms with E-state index in [1.807, 2.05) is 0 Å². The normalized spacial score (nSPS) is 11.3. The second-order valence-electron chi connectivity index (χ2n) is 4.17. The maximum absolute atomic E-state index is 11.8. The van der Waals surface area contributed by atoms with Crippen molar-refractivity contribution in [1.82, 2.24) is 0 Å². The third kappa shape index (κ3) is 4.60. The smallest absolute Gasteiger partial charge is 0.339 e. The molecule has 0 aliphatic rings. The molecule has 3 N–H and O–H groups in total. The molecule has 1 rings (SSSR count). The van der Waals surface area contributed by atoms with Crippen LogP contribution in [-0.4, -0.2) is 47.3 Å². The van der Waals surface area contributed by atoms with Crippen LogP contribution < -0.4 is 9.47 Å². The molecule has 0 unspecified atom stereocenters. The molecule has 0 bridgehead atoms. The Hall–Kier alpha value is -3.29. The molecule has 0 spiro atoms. The minimum Gasteiger partial charge on any atom is -0.502 e. The summed E-state index contributed by atoms with van der Waals surface area (Å²) >= 11 is 0. The summed E-state index contributed by atoms with van der Waals surface area (Å²) in [5.41, 5.74) is -0.503. The number of phenolic OH excluding ortho intramolecular Hbond substituents is 1. The first-order valence-corrected chi connectivity index (χ1v) is 6.15. The number of phenols is 1. The molecule has 8 nitrogen and oxygen atoms in total. The van der Waals surface area contributed by atoms with Gasteiger partial charge in [-0.25, -0.2) is 9.59 Å². The first-order valence-electron chi connectivity index (χ1n) is 6.15. The van der Waals surface area contributed by atoms with Crippen molar-refractivity contribution < 1.29 is 39.2 Å². The van der Waals surface area contributed by atoms with Crippen LogP contribution >= 0.6 is 0 Å². The van der Waals surface area contributed by atoms with Crippen LogP contribution in [0.15, 0.2) is 29.9 Å². The lowest BCUT2D eigenvalue weighted by Crippen LogP contribution is -2.12. The van der Waals surface area contributed by atoms with Crippen molar-refractivity contribution in [3.05, 3.63) is 35.4 Å². The van der Waals surface area contributed by atoms with Gasteiger partial charge in [0.15, 0.2) is 17.3 Å². The summed E-state index contributed by atoms with van der Waals surface area (Å²) in [4.78, 5) is 33.2. The zero-order chi connectivity index (χ0) is 17.6. The SMILES string of the molecule is COc1cc(C=CC(=O)C(=CC(=O)O)C(=O)O)cc(OC)c1O. The summed E-state index contributed by atoms with van der Waals surface area (Å²) in [5.74, 6) is -4.23. The Bertz CT molecular complexity index is 674. The van der Waals surface area contributed by atoms with E-state index in [9.17, 15) is 19.5 Å². The van der Waals surface area contributed by atoms with Gasteiger partial charge in [0, 0.05) is 6.08 Å². The van der Waals surface area contributed by atoms with Gasteiger partial charge >= 0.3 is 11.9 Å². The summed E-state index contributed by atoms with van der Waals surface area (Å²) in [7, 11) is 2.65. The van der Waals surface area contributed by atoms with Crippen LogP contribution in [0.25, 0.3) is 6.08 Å². The van der Waals surface area contributed by atoms with Gasteiger partial charge in [-0.15, -0.1) is 0 Å². The number of ketones is 1. The van der Waals surface area contributed by atoms with Gasteiger partial charge in [0.25, 0.3) is 0 Å². The predicted molar refractivity (Wildman–Crippen MR) is 78.6 cm³/mol. The molecule has 1 aromatic rings. The predicted octanol–water partition coefficient (Wildman–Crippen LogP) is 1.09. The molecule has 0 amide bonds. The summed E-state index contributed by atoms with van der Waals surface area (Å²) in [6, 6.07) is 2.78. The molecule has 0 aromatic heterocycles. The van der Waals surface area contributed by atoms with Gasteiger partial charge < -0.3 is 24.8 Å². The Labute approximate surface area is 130 Å². The standard InChI is InChI=1S/C15H14O8/c1-22-11-5-8(6-12(23-2)14(11)19)3-4-10(16)9(15(20)21)7-13(17)18/h3-7,19H,1-2H3,(H,17,18)(H,20,21). The van der Waals surface area contributed by atoms with Crippen molar-refractivity contribution in [3.63, 3.8) is 0 Å². The zero-order valence-corrected chi connectivity index (χ0v) is 12.3. The molecule has 1 aromatic carbocycles.